The van der Waals surface area contributed by atoms with Crippen LogP contribution in [-0.4, -0.2) is 41.0 Å². The summed E-state index contributed by atoms with van der Waals surface area (Å²) in [6, 6.07) is 3.11. The molecule has 2 amide bonds. The van der Waals surface area contributed by atoms with Crippen molar-refractivity contribution >= 4 is 11.8 Å². The molecular formula is C22H21F2N3O4. The molecule has 0 unspecified atom stereocenters. The number of hydrogen-bond donors (Lipinski definition) is 1. The van der Waals surface area contributed by atoms with Crippen molar-refractivity contribution in [1.29, 1.82) is 0 Å². The molecule has 3 atom stereocenters. The number of pyridine rings is 1. The van der Waals surface area contributed by atoms with E-state index in [0.29, 0.717) is 12.5 Å². The molecule has 7 nitrogen and oxygen atoms in total. The Kier molecular flexibility index (Phi) is 4.56. The Hall–Kier alpha value is -3.23. The molecular weight excluding hydrogens is 408 g/mol. The molecule has 0 radical (unpaired) electrons. The molecule has 1 N–H and O–H groups in total. The number of hydrogen-bond acceptors (Lipinski definition) is 4. The number of carbonyl (C=O) groups excluding carboxylic acids is 2. The van der Waals surface area contributed by atoms with E-state index in [-0.39, 0.29) is 47.1 Å². The van der Waals surface area contributed by atoms with Crippen LogP contribution < -0.4 is 15.5 Å². The van der Waals surface area contributed by atoms with Crippen LogP contribution in [0.1, 0.15) is 51.7 Å². The van der Waals surface area contributed by atoms with Crippen molar-refractivity contribution in [3.05, 3.63) is 63.1 Å². The monoisotopic (exact) mass is 429 g/mol. The summed E-state index contributed by atoms with van der Waals surface area (Å²) in [5.74, 6) is -2.20. The summed E-state index contributed by atoms with van der Waals surface area (Å²) in [6.45, 7) is 0.447. The van der Waals surface area contributed by atoms with Crippen LogP contribution in [0.5, 0.6) is 5.75 Å². The predicted octanol–water partition coefficient (Wildman–Crippen LogP) is 2.24. The van der Waals surface area contributed by atoms with Crippen LogP contribution in [0, 0.1) is 17.6 Å². The van der Waals surface area contributed by atoms with Gasteiger partial charge in [0.15, 0.2) is 11.4 Å². The number of benzene rings is 1. The van der Waals surface area contributed by atoms with Gasteiger partial charge in [-0.1, -0.05) is 6.07 Å². The molecule has 2 aromatic rings. The maximum absolute atomic E-state index is 13.9. The zero-order valence-corrected chi connectivity index (χ0v) is 16.9. The molecule has 1 aliphatic carbocycles. The minimum absolute atomic E-state index is 0.0178. The molecule has 162 valence electrons. The van der Waals surface area contributed by atoms with Crippen molar-refractivity contribution in [2.24, 2.45) is 5.92 Å². The van der Waals surface area contributed by atoms with Crippen LogP contribution >= 0.6 is 0 Å². The van der Waals surface area contributed by atoms with Crippen molar-refractivity contribution in [2.45, 2.75) is 37.9 Å². The van der Waals surface area contributed by atoms with E-state index in [1.807, 2.05) is 4.90 Å². The van der Waals surface area contributed by atoms with E-state index < -0.39 is 23.0 Å². The SMILES string of the molecule is COc1c2n(cc(C(=O)NCc3ccc(F)cc3F)c1=O)[C@H]1CC[C@H]3CCN(C2=O)[C@H]31. The number of nitrogens with one attached hydrogen (secondary N) is 1. The Balaban J connectivity index is 1.51. The molecule has 1 aromatic heterocycles. The lowest BCUT2D eigenvalue weighted by Gasteiger charge is -2.38. The number of methoxy groups -OCH3 is 1. The fraction of sp³-hybridized carbons (Fsp3) is 0.409. The van der Waals surface area contributed by atoms with E-state index in [1.54, 1.807) is 4.57 Å². The van der Waals surface area contributed by atoms with Crippen LogP contribution in [-0.2, 0) is 6.54 Å². The quantitative estimate of drug-likeness (QED) is 0.809. The number of aromatic nitrogens is 1. The third kappa shape index (κ3) is 2.94. The van der Waals surface area contributed by atoms with Gasteiger partial charge < -0.3 is 19.5 Å². The van der Waals surface area contributed by atoms with E-state index >= 15 is 0 Å². The van der Waals surface area contributed by atoms with Gasteiger partial charge in [-0.25, -0.2) is 8.78 Å². The predicted molar refractivity (Wildman–Crippen MR) is 106 cm³/mol. The number of ether oxygens (including phenoxy) is 1. The van der Waals surface area contributed by atoms with Gasteiger partial charge in [-0.15, -0.1) is 0 Å². The zero-order chi connectivity index (χ0) is 21.9. The van der Waals surface area contributed by atoms with E-state index in [2.05, 4.69) is 5.32 Å². The highest BCUT2D eigenvalue weighted by atomic mass is 19.1. The van der Waals surface area contributed by atoms with Crippen LogP contribution in [0.2, 0.25) is 0 Å². The standard InChI is InChI=1S/C22H21F2N3O4/c1-31-20-18-22(30)26-7-6-11-3-5-16(17(11)26)27(18)10-14(19(20)28)21(29)25-9-12-2-4-13(23)8-15(12)24/h2,4,8,10-11,16-17H,3,5-7,9H2,1H3,(H,25,29)/t11-,16-,17+/m0/s1. The zero-order valence-electron chi connectivity index (χ0n) is 16.9. The molecule has 3 heterocycles. The second-order valence-electron chi connectivity index (χ2n) is 8.26. The molecule has 9 heteroatoms. The number of fused-ring (bicyclic) bond motifs is 2. The van der Waals surface area contributed by atoms with Gasteiger partial charge in [0, 0.05) is 30.9 Å². The fourth-order valence-corrected chi connectivity index (χ4v) is 5.31. The summed E-state index contributed by atoms with van der Waals surface area (Å²) in [6.07, 6.45) is 4.19. The minimum atomic E-state index is -0.788. The van der Waals surface area contributed by atoms with Crippen molar-refractivity contribution in [3.63, 3.8) is 0 Å². The van der Waals surface area contributed by atoms with Crippen molar-refractivity contribution in [2.75, 3.05) is 13.7 Å². The topological polar surface area (TPSA) is 80.6 Å². The lowest BCUT2D eigenvalue weighted by atomic mass is 9.99. The fourth-order valence-electron chi connectivity index (χ4n) is 5.31. The maximum Gasteiger partial charge on any atom is 0.274 e. The molecule has 5 rings (SSSR count). The average Bonchev–Trinajstić information content (AvgIpc) is 3.35. The van der Waals surface area contributed by atoms with Gasteiger partial charge in [-0.05, 0) is 31.2 Å². The van der Waals surface area contributed by atoms with E-state index in [4.69, 9.17) is 4.74 Å². The lowest BCUT2D eigenvalue weighted by molar-refractivity contribution is 0.0609. The molecule has 1 saturated carbocycles. The number of amides is 2. The number of nitrogens with zero attached hydrogens (tertiary/aromatic N) is 2. The Morgan fingerprint density at radius 1 is 1.23 bits per heavy atom. The summed E-state index contributed by atoms with van der Waals surface area (Å²) < 4.78 is 34.0. The molecule has 31 heavy (non-hydrogen) atoms. The number of rotatable bonds is 4. The Bertz CT molecular complexity index is 1160. The van der Waals surface area contributed by atoms with Crippen molar-refractivity contribution < 1.29 is 23.1 Å². The largest absolute Gasteiger partial charge is 0.491 e. The molecule has 3 aliphatic rings. The van der Waals surface area contributed by atoms with Crippen LogP contribution in [0.15, 0.2) is 29.2 Å². The second kappa shape index (κ2) is 7.18. The van der Waals surface area contributed by atoms with Crippen LogP contribution in [0.25, 0.3) is 0 Å². The van der Waals surface area contributed by atoms with Crippen molar-refractivity contribution in [3.8, 4) is 5.75 Å². The minimum Gasteiger partial charge on any atom is -0.491 e. The first-order valence-corrected chi connectivity index (χ1v) is 10.3. The Morgan fingerprint density at radius 3 is 2.77 bits per heavy atom. The molecule has 1 saturated heterocycles. The lowest BCUT2D eigenvalue weighted by Crippen LogP contribution is -2.48. The second-order valence-corrected chi connectivity index (χ2v) is 8.26. The number of carbonyl (C=O) groups is 2. The van der Waals surface area contributed by atoms with Crippen LogP contribution in [0.4, 0.5) is 8.78 Å². The summed E-state index contributed by atoms with van der Waals surface area (Å²) >= 11 is 0. The van der Waals surface area contributed by atoms with Gasteiger partial charge in [0.05, 0.1) is 19.2 Å². The first-order valence-electron chi connectivity index (χ1n) is 10.3. The molecule has 2 fully saturated rings. The van der Waals surface area contributed by atoms with Gasteiger partial charge in [-0.2, -0.15) is 0 Å². The highest BCUT2D eigenvalue weighted by Gasteiger charge is 2.52. The summed E-state index contributed by atoms with van der Waals surface area (Å²) in [5, 5.41) is 2.51. The summed E-state index contributed by atoms with van der Waals surface area (Å²) in [7, 11) is 1.30. The highest BCUT2D eigenvalue weighted by Crippen LogP contribution is 2.48. The first kappa shape index (κ1) is 19.7. The van der Waals surface area contributed by atoms with E-state index in [9.17, 15) is 23.2 Å². The molecule has 0 spiro atoms. The van der Waals surface area contributed by atoms with Gasteiger partial charge >= 0.3 is 0 Å². The van der Waals surface area contributed by atoms with E-state index in [1.165, 1.54) is 19.4 Å². The molecule has 1 aromatic carbocycles. The van der Waals surface area contributed by atoms with Gasteiger partial charge in [-0.3, -0.25) is 14.4 Å². The molecule has 2 aliphatic heterocycles. The highest BCUT2D eigenvalue weighted by molar-refractivity contribution is 5.99. The third-order valence-electron chi connectivity index (χ3n) is 6.73. The maximum atomic E-state index is 13.9. The third-order valence-corrected chi connectivity index (χ3v) is 6.73. The van der Waals surface area contributed by atoms with E-state index in [0.717, 1.165) is 31.4 Å². The molecule has 0 bridgehead atoms. The average molecular weight is 429 g/mol. The number of halogens is 2. The van der Waals surface area contributed by atoms with Gasteiger partial charge in [0.25, 0.3) is 11.8 Å². The smallest absolute Gasteiger partial charge is 0.274 e. The van der Waals surface area contributed by atoms with Gasteiger partial charge in [0.1, 0.15) is 17.2 Å². The summed E-state index contributed by atoms with van der Waals surface area (Å²) in [5.41, 5.74) is -0.593. The summed E-state index contributed by atoms with van der Waals surface area (Å²) in [4.78, 5) is 40.7. The van der Waals surface area contributed by atoms with Crippen molar-refractivity contribution in [1.82, 2.24) is 14.8 Å². The van der Waals surface area contributed by atoms with Crippen LogP contribution in [0.3, 0.4) is 0 Å². The first-order chi connectivity index (χ1) is 14.9. The Labute approximate surface area is 176 Å². The normalized spacial score (nSPS) is 23.5. The Morgan fingerprint density at radius 2 is 2.03 bits per heavy atom. The van der Waals surface area contributed by atoms with Gasteiger partial charge in [0.2, 0.25) is 5.43 Å².